The van der Waals surface area contributed by atoms with Gasteiger partial charge < -0.3 is 9.84 Å². The number of hydrogen-bond donors (Lipinski definition) is 1. The van der Waals surface area contributed by atoms with Gasteiger partial charge in [0.05, 0.1) is 5.69 Å². The monoisotopic (exact) mass is 266 g/mol. The average molecular weight is 266 g/mol. The Kier molecular flexibility index (Phi) is 6.06. The molecule has 4 nitrogen and oxygen atoms in total. The summed E-state index contributed by atoms with van der Waals surface area (Å²) < 4.78 is 5.25. The summed E-state index contributed by atoms with van der Waals surface area (Å²) in [5.74, 6) is 0.777. The molecule has 108 valence electrons. The van der Waals surface area contributed by atoms with Crippen LogP contribution in [0.25, 0.3) is 0 Å². The maximum absolute atomic E-state index is 12.3. The largest absolute Gasteiger partial charge is 0.360 e. The summed E-state index contributed by atoms with van der Waals surface area (Å²) in [6.45, 7) is 10.0. The summed E-state index contributed by atoms with van der Waals surface area (Å²) in [6, 6.07) is 0.188. The van der Waals surface area contributed by atoms with E-state index in [1.54, 1.807) is 0 Å². The van der Waals surface area contributed by atoms with Crippen molar-refractivity contribution in [2.75, 3.05) is 0 Å². The van der Waals surface area contributed by atoms with E-state index in [0.717, 1.165) is 12.8 Å². The maximum Gasteiger partial charge on any atom is 0.257 e. The van der Waals surface area contributed by atoms with Gasteiger partial charge in [0, 0.05) is 12.0 Å². The number of aromatic nitrogens is 1. The van der Waals surface area contributed by atoms with E-state index in [-0.39, 0.29) is 17.9 Å². The zero-order valence-electron chi connectivity index (χ0n) is 12.7. The molecule has 0 saturated carbocycles. The van der Waals surface area contributed by atoms with Crippen LogP contribution in [0.15, 0.2) is 4.52 Å². The topological polar surface area (TPSA) is 55.1 Å². The lowest BCUT2D eigenvalue weighted by Gasteiger charge is -2.14. The van der Waals surface area contributed by atoms with Crippen molar-refractivity contribution in [2.45, 2.75) is 72.3 Å². The van der Waals surface area contributed by atoms with Crippen LogP contribution in [0.2, 0.25) is 0 Å². The summed E-state index contributed by atoms with van der Waals surface area (Å²) in [6.07, 6.45) is 4.57. The molecule has 0 aromatic carbocycles. The van der Waals surface area contributed by atoms with Crippen molar-refractivity contribution in [3.05, 3.63) is 17.0 Å². The molecule has 0 fully saturated rings. The smallest absolute Gasteiger partial charge is 0.257 e. The minimum Gasteiger partial charge on any atom is -0.360 e. The normalized spacial score (nSPS) is 12.7. The Morgan fingerprint density at radius 2 is 2.00 bits per heavy atom. The zero-order chi connectivity index (χ0) is 14.4. The minimum absolute atomic E-state index is 0.0635. The van der Waals surface area contributed by atoms with E-state index in [1.807, 2.05) is 27.7 Å². The van der Waals surface area contributed by atoms with E-state index in [2.05, 4.69) is 17.4 Å². The van der Waals surface area contributed by atoms with Crippen LogP contribution in [0.3, 0.4) is 0 Å². The zero-order valence-corrected chi connectivity index (χ0v) is 12.7. The standard InChI is InChI=1S/C15H26N2O2/c1-6-7-8-9-11(4)16-15(18)13-12(5)17-19-14(13)10(2)3/h10-11H,6-9H2,1-5H3,(H,16,18). The minimum atomic E-state index is -0.0635. The second-order valence-corrected chi connectivity index (χ2v) is 5.53. The molecule has 0 saturated heterocycles. The Bertz CT molecular complexity index is 410. The van der Waals surface area contributed by atoms with Crippen LogP contribution < -0.4 is 5.32 Å². The van der Waals surface area contributed by atoms with Gasteiger partial charge in [-0.3, -0.25) is 4.79 Å². The third kappa shape index (κ3) is 4.37. The summed E-state index contributed by atoms with van der Waals surface area (Å²) in [5.41, 5.74) is 1.28. The predicted octanol–water partition coefficient (Wildman–Crippen LogP) is 3.81. The fourth-order valence-electron chi connectivity index (χ4n) is 2.13. The van der Waals surface area contributed by atoms with E-state index in [4.69, 9.17) is 4.52 Å². The number of nitrogens with zero attached hydrogens (tertiary/aromatic N) is 1. The molecule has 0 radical (unpaired) electrons. The molecule has 19 heavy (non-hydrogen) atoms. The van der Waals surface area contributed by atoms with E-state index < -0.39 is 0 Å². The molecule has 0 aliphatic carbocycles. The van der Waals surface area contributed by atoms with Gasteiger partial charge in [-0.25, -0.2) is 0 Å². The molecular weight excluding hydrogens is 240 g/mol. The lowest BCUT2D eigenvalue weighted by molar-refractivity contribution is 0.0935. The molecule has 1 atom stereocenters. The Balaban J connectivity index is 2.65. The third-order valence-electron chi connectivity index (χ3n) is 3.26. The van der Waals surface area contributed by atoms with Crippen LogP contribution in [0.5, 0.6) is 0 Å². The lowest BCUT2D eigenvalue weighted by Crippen LogP contribution is -2.33. The van der Waals surface area contributed by atoms with Crippen LogP contribution in [-0.4, -0.2) is 17.1 Å². The van der Waals surface area contributed by atoms with Crippen molar-refractivity contribution in [3.8, 4) is 0 Å². The van der Waals surface area contributed by atoms with Crippen LogP contribution in [0.4, 0.5) is 0 Å². The van der Waals surface area contributed by atoms with Crippen LogP contribution in [-0.2, 0) is 0 Å². The third-order valence-corrected chi connectivity index (χ3v) is 3.26. The number of nitrogens with one attached hydrogen (secondary N) is 1. The highest BCUT2D eigenvalue weighted by Crippen LogP contribution is 2.22. The molecule has 1 aromatic heterocycles. The highest BCUT2D eigenvalue weighted by atomic mass is 16.5. The second-order valence-electron chi connectivity index (χ2n) is 5.53. The molecule has 1 aromatic rings. The molecular formula is C15H26N2O2. The van der Waals surface area contributed by atoms with Crippen molar-refractivity contribution >= 4 is 5.91 Å². The molecule has 1 amide bonds. The summed E-state index contributed by atoms with van der Waals surface area (Å²) >= 11 is 0. The summed E-state index contributed by atoms with van der Waals surface area (Å²) in [4.78, 5) is 12.3. The number of amides is 1. The Hall–Kier alpha value is -1.32. The predicted molar refractivity (Wildman–Crippen MR) is 76.4 cm³/mol. The first-order chi connectivity index (χ1) is 8.97. The maximum atomic E-state index is 12.3. The number of carbonyl (C=O) groups excluding carboxylic acids is 1. The highest BCUT2D eigenvalue weighted by Gasteiger charge is 2.23. The molecule has 1 heterocycles. The van der Waals surface area contributed by atoms with Crippen molar-refractivity contribution in [1.82, 2.24) is 10.5 Å². The van der Waals surface area contributed by atoms with Gasteiger partial charge in [0.1, 0.15) is 5.56 Å². The van der Waals surface area contributed by atoms with Gasteiger partial charge in [0.25, 0.3) is 5.91 Å². The van der Waals surface area contributed by atoms with Crippen molar-refractivity contribution in [2.24, 2.45) is 0 Å². The van der Waals surface area contributed by atoms with E-state index in [9.17, 15) is 4.79 Å². The van der Waals surface area contributed by atoms with Crippen LogP contribution in [0.1, 0.15) is 81.1 Å². The van der Waals surface area contributed by atoms with Gasteiger partial charge in [-0.05, 0) is 20.3 Å². The summed E-state index contributed by atoms with van der Waals surface area (Å²) in [7, 11) is 0. The van der Waals surface area contributed by atoms with Crippen LogP contribution in [0, 0.1) is 6.92 Å². The average Bonchev–Trinajstić information content (AvgIpc) is 2.71. The Morgan fingerprint density at radius 3 is 2.58 bits per heavy atom. The van der Waals surface area contributed by atoms with Crippen molar-refractivity contribution < 1.29 is 9.32 Å². The fourth-order valence-corrected chi connectivity index (χ4v) is 2.13. The van der Waals surface area contributed by atoms with E-state index in [1.165, 1.54) is 12.8 Å². The molecule has 0 spiro atoms. The Labute approximate surface area is 115 Å². The SMILES string of the molecule is CCCCCC(C)NC(=O)c1c(C)noc1C(C)C. The number of rotatable bonds is 7. The van der Waals surface area contributed by atoms with Gasteiger partial charge in [-0.15, -0.1) is 0 Å². The van der Waals surface area contributed by atoms with E-state index >= 15 is 0 Å². The molecule has 1 unspecified atom stereocenters. The summed E-state index contributed by atoms with van der Waals surface area (Å²) in [5, 5.41) is 6.94. The first kappa shape index (κ1) is 15.7. The molecule has 0 aliphatic heterocycles. The van der Waals surface area contributed by atoms with Gasteiger partial charge in [-0.1, -0.05) is 45.2 Å². The second kappa shape index (κ2) is 7.31. The van der Waals surface area contributed by atoms with Crippen molar-refractivity contribution in [3.63, 3.8) is 0 Å². The van der Waals surface area contributed by atoms with Crippen LogP contribution >= 0.6 is 0 Å². The van der Waals surface area contributed by atoms with E-state index in [0.29, 0.717) is 17.0 Å². The lowest BCUT2D eigenvalue weighted by atomic mass is 10.0. The molecule has 1 rings (SSSR count). The Morgan fingerprint density at radius 1 is 1.32 bits per heavy atom. The number of unbranched alkanes of at least 4 members (excludes halogenated alkanes) is 2. The quantitative estimate of drug-likeness (QED) is 0.764. The number of carbonyl (C=O) groups is 1. The molecule has 4 heteroatoms. The first-order valence-corrected chi connectivity index (χ1v) is 7.24. The molecule has 1 N–H and O–H groups in total. The molecule has 0 aliphatic rings. The fraction of sp³-hybridized carbons (Fsp3) is 0.733. The van der Waals surface area contributed by atoms with Gasteiger partial charge >= 0.3 is 0 Å². The first-order valence-electron chi connectivity index (χ1n) is 7.24. The highest BCUT2D eigenvalue weighted by molar-refractivity contribution is 5.96. The van der Waals surface area contributed by atoms with Gasteiger partial charge in [0.2, 0.25) is 0 Å². The van der Waals surface area contributed by atoms with Crippen molar-refractivity contribution in [1.29, 1.82) is 0 Å². The number of aryl methyl sites for hydroxylation is 1. The van der Waals surface area contributed by atoms with Gasteiger partial charge in [0.15, 0.2) is 5.76 Å². The number of hydrogen-bond acceptors (Lipinski definition) is 3. The molecule has 0 bridgehead atoms. The van der Waals surface area contributed by atoms with Gasteiger partial charge in [-0.2, -0.15) is 0 Å².